The van der Waals surface area contributed by atoms with Crippen LogP contribution < -0.4 is 0 Å². The van der Waals surface area contributed by atoms with Crippen molar-refractivity contribution in [1.82, 2.24) is 9.97 Å². The summed E-state index contributed by atoms with van der Waals surface area (Å²) in [5.74, 6) is 0.852. The van der Waals surface area contributed by atoms with Gasteiger partial charge in [0.25, 0.3) is 0 Å². The van der Waals surface area contributed by atoms with Crippen LogP contribution in [0.3, 0.4) is 0 Å². The van der Waals surface area contributed by atoms with Crippen LogP contribution in [0.25, 0.3) is 6.08 Å². The van der Waals surface area contributed by atoms with E-state index in [0.717, 1.165) is 43.5 Å². The Morgan fingerprint density at radius 3 is 2.19 bits per heavy atom. The average molecular weight is 485 g/mol. The van der Waals surface area contributed by atoms with Gasteiger partial charge in [-0.3, -0.25) is 9.78 Å². The van der Waals surface area contributed by atoms with Gasteiger partial charge in [0.1, 0.15) is 5.69 Å². The number of carbonyl (C=O) groups is 1. The third-order valence-corrected chi connectivity index (χ3v) is 5.47. The average Bonchev–Trinajstić information content (AvgIpc) is 2.69. The summed E-state index contributed by atoms with van der Waals surface area (Å²) in [6.07, 6.45) is 9.13. The Bertz CT molecular complexity index is 664. The van der Waals surface area contributed by atoms with E-state index in [-0.39, 0.29) is 43.8 Å². The fraction of sp³-hybridized carbons (Fsp3) is 0.704. The third-order valence-electron chi connectivity index (χ3n) is 5.47. The zero-order valence-electron chi connectivity index (χ0n) is 22.5. The van der Waals surface area contributed by atoms with Crippen molar-refractivity contribution in [3.8, 4) is 0 Å². The first-order valence-corrected chi connectivity index (χ1v) is 11.8. The van der Waals surface area contributed by atoms with E-state index in [1.165, 1.54) is 5.57 Å². The van der Waals surface area contributed by atoms with Crippen LogP contribution in [0.2, 0.25) is 0 Å². The van der Waals surface area contributed by atoms with Gasteiger partial charge in [-0.15, -0.1) is 0 Å². The predicted octanol–water partition coefficient (Wildman–Crippen LogP) is 7.50. The second kappa shape index (κ2) is 18.5. The molecule has 0 amide bonds. The molecule has 1 N–H and O–H groups in total. The number of aliphatic hydroxyl groups excluding tert-OH is 1. The van der Waals surface area contributed by atoms with Gasteiger partial charge in [0, 0.05) is 31.6 Å². The van der Waals surface area contributed by atoms with Crippen LogP contribution in [0.4, 0.5) is 0 Å². The minimum absolute atomic E-state index is 0. The van der Waals surface area contributed by atoms with Crippen molar-refractivity contribution in [2.24, 2.45) is 17.3 Å². The Balaban J connectivity index is -0.00000204. The van der Waals surface area contributed by atoms with Crippen molar-refractivity contribution in [2.75, 3.05) is 6.61 Å². The molecule has 1 aromatic rings. The number of hydrogen-bond acceptors (Lipinski definition) is 4. The maximum Gasteiger partial charge on any atom is 0.182 e. The molecule has 0 aliphatic carbocycles. The number of hydrogen-bond donors (Lipinski definition) is 1. The molecule has 4 nitrogen and oxygen atoms in total. The van der Waals surface area contributed by atoms with E-state index in [9.17, 15) is 9.90 Å². The van der Waals surface area contributed by atoms with Crippen LogP contribution in [-0.2, 0) is 18.6 Å². The molecule has 0 spiro atoms. The van der Waals surface area contributed by atoms with Gasteiger partial charge in [0.15, 0.2) is 5.78 Å². The molecule has 1 aromatic heterocycles. The smallest absolute Gasteiger partial charge is 0.182 e. The van der Waals surface area contributed by atoms with Gasteiger partial charge < -0.3 is 12.5 Å². The van der Waals surface area contributed by atoms with E-state index < -0.39 is 0 Å². The molecule has 1 unspecified atom stereocenters. The molecule has 0 aromatic carbocycles. The minimum Gasteiger partial charge on any atom is -0.396 e. The van der Waals surface area contributed by atoms with Gasteiger partial charge in [-0.2, -0.15) is 0 Å². The minimum atomic E-state index is 0. The van der Waals surface area contributed by atoms with Gasteiger partial charge in [-0.05, 0) is 49.5 Å². The molecule has 32 heavy (non-hydrogen) atoms. The monoisotopic (exact) mass is 484 g/mol. The quantitative estimate of drug-likeness (QED) is 0.201. The van der Waals surface area contributed by atoms with E-state index >= 15 is 0 Å². The summed E-state index contributed by atoms with van der Waals surface area (Å²) in [4.78, 5) is 21.5. The topological polar surface area (TPSA) is 63.1 Å². The maximum absolute atomic E-state index is 12.5. The molecular weight excluding hydrogens is 435 g/mol. The van der Waals surface area contributed by atoms with Crippen LogP contribution in [0.5, 0.6) is 0 Å². The number of aromatic nitrogens is 2. The third kappa shape index (κ3) is 12.9. The number of rotatable bonds is 11. The molecule has 1 rings (SSSR count). The Morgan fingerprint density at radius 1 is 1.16 bits per heavy atom. The van der Waals surface area contributed by atoms with Crippen LogP contribution in [0, 0.1) is 31.6 Å². The molecule has 1 radical (unpaired) electrons. The number of allylic oxidation sites excluding steroid dienone is 1. The van der Waals surface area contributed by atoms with E-state index in [2.05, 4.69) is 57.6 Å². The van der Waals surface area contributed by atoms with Crippen molar-refractivity contribution >= 4 is 11.9 Å². The summed E-state index contributed by atoms with van der Waals surface area (Å²) in [7, 11) is 0. The first kappa shape index (κ1) is 35.6. The fourth-order valence-corrected chi connectivity index (χ4v) is 3.32. The number of nitrogens with zero attached hydrogens (tertiary/aromatic N) is 2. The molecule has 0 aliphatic heterocycles. The molecule has 1 heterocycles. The van der Waals surface area contributed by atoms with Crippen molar-refractivity contribution < 1.29 is 28.5 Å². The van der Waals surface area contributed by atoms with Crippen LogP contribution in [0.1, 0.15) is 116 Å². The summed E-state index contributed by atoms with van der Waals surface area (Å²) in [6.45, 7) is 19.2. The van der Waals surface area contributed by atoms with E-state index in [0.29, 0.717) is 24.0 Å². The van der Waals surface area contributed by atoms with E-state index in [4.69, 9.17) is 0 Å². The van der Waals surface area contributed by atoms with Crippen LogP contribution in [0.15, 0.2) is 11.8 Å². The fourth-order valence-electron chi connectivity index (χ4n) is 3.32. The van der Waals surface area contributed by atoms with E-state index in [1.807, 2.05) is 20.8 Å². The Labute approximate surface area is 211 Å². The number of Topliss-reactive ketones (excluding diaryl/α,β-unsaturated/α-hetero) is 1. The zero-order valence-corrected chi connectivity index (χ0v) is 23.9. The first-order chi connectivity index (χ1) is 14.1. The normalized spacial score (nSPS) is 12.3. The summed E-state index contributed by atoms with van der Waals surface area (Å²) >= 11 is 0. The predicted molar refractivity (Wildman–Crippen MR) is 135 cm³/mol. The second-order valence-electron chi connectivity index (χ2n) is 9.25. The first-order valence-electron chi connectivity index (χ1n) is 11.8. The summed E-state index contributed by atoms with van der Waals surface area (Å²) in [6, 6.07) is 0. The van der Waals surface area contributed by atoms with Crippen LogP contribution >= 0.6 is 0 Å². The standard InChI is InChI=1S/C24H40N2O2.C2H6.CH3.V/c1-8-11-20(24(5,6)7)14-21-18(4)26-22(15-25-21)23(28)13-10-9-12-19(16-27)17(2)3;1-2;;/h14-15,17,19,27H,8-13,16H2,1-7H3;1-2H3;1H3;/q;;-1;/b20-14+;;;. The molecular formula is C27H49N2O2V-. The molecule has 0 aliphatic rings. The zero-order chi connectivity index (χ0) is 23.3. The summed E-state index contributed by atoms with van der Waals surface area (Å²) in [5.41, 5.74) is 3.59. The van der Waals surface area contributed by atoms with Crippen molar-refractivity contribution in [1.29, 1.82) is 0 Å². The summed E-state index contributed by atoms with van der Waals surface area (Å²) < 4.78 is 0. The molecule has 0 saturated carbocycles. The van der Waals surface area contributed by atoms with E-state index in [1.54, 1.807) is 6.20 Å². The Hall–Kier alpha value is -0.966. The molecule has 0 saturated heterocycles. The van der Waals surface area contributed by atoms with Crippen molar-refractivity contribution in [2.45, 2.75) is 101 Å². The number of unbranched alkanes of at least 4 members (excludes halogenated alkanes) is 1. The Kier molecular flexibility index (Phi) is 20.5. The number of aryl methyl sites for hydroxylation is 1. The second-order valence-corrected chi connectivity index (χ2v) is 9.25. The number of ketones is 1. The largest absolute Gasteiger partial charge is 0.396 e. The molecule has 0 fully saturated rings. The number of aliphatic hydroxyl groups is 1. The van der Waals surface area contributed by atoms with Gasteiger partial charge in [-0.25, -0.2) is 4.98 Å². The van der Waals surface area contributed by atoms with Gasteiger partial charge in [0.2, 0.25) is 0 Å². The number of carbonyl (C=O) groups excluding carboxylic acids is 1. The van der Waals surface area contributed by atoms with Gasteiger partial charge in [0.05, 0.1) is 17.6 Å². The van der Waals surface area contributed by atoms with Crippen LogP contribution in [-0.4, -0.2) is 27.5 Å². The summed E-state index contributed by atoms with van der Waals surface area (Å²) in [5, 5.41) is 9.40. The molecule has 1 atom stereocenters. The SMILES string of the molecule is CC.CCC/C(=C\c1ncc(C(=O)CCCCC(CO)C(C)C)nc1C)C(C)(C)C.[CH3-].[V]. The van der Waals surface area contributed by atoms with Gasteiger partial charge >= 0.3 is 0 Å². The maximum atomic E-state index is 12.5. The van der Waals surface area contributed by atoms with Crippen molar-refractivity contribution in [3.05, 3.63) is 36.3 Å². The molecule has 0 bridgehead atoms. The van der Waals surface area contributed by atoms with Gasteiger partial charge in [-0.1, -0.05) is 73.8 Å². The van der Waals surface area contributed by atoms with Crippen molar-refractivity contribution in [3.63, 3.8) is 0 Å². The molecule has 185 valence electrons. The molecule has 5 heteroatoms. The Morgan fingerprint density at radius 2 is 1.75 bits per heavy atom.